The van der Waals surface area contributed by atoms with Gasteiger partial charge in [-0.05, 0) is 31.8 Å². The number of primary amides is 1. The maximum absolute atomic E-state index is 11.5. The minimum absolute atomic E-state index is 0.434. The van der Waals surface area contributed by atoms with E-state index in [1.165, 1.54) is 0 Å². The van der Waals surface area contributed by atoms with Gasteiger partial charge in [-0.15, -0.1) is 0 Å². The summed E-state index contributed by atoms with van der Waals surface area (Å²) < 4.78 is 0. The molecule has 1 atom stereocenters. The van der Waals surface area contributed by atoms with E-state index in [9.17, 15) is 4.79 Å². The van der Waals surface area contributed by atoms with E-state index in [-0.39, 0.29) is 0 Å². The third-order valence-corrected chi connectivity index (χ3v) is 3.03. The van der Waals surface area contributed by atoms with Gasteiger partial charge in [-0.25, -0.2) is 0 Å². The molecule has 0 saturated heterocycles. The Morgan fingerprint density at radius 2 is 2.11 bits per heavy atom. The molecular weight excluding hydrogens is 273 g/mol. The number of halogens is 2. The summed E-state index contributed by atoms with van der Waals surface area (Å²) >= 11 is 11.9. The van der Waals surface area contributed by atoms with Crippen molar-refractivity contribution in [3.05, 3.63) is 33.8 Å². The normalized spacial score (nSPS) is 12.7. The molecule has 1 unspecified atom stereocenters. The number of rotatable bonds is 6. The molecule has 4 nitrogen and oxygen atoms in total. The lowest BCUT2D eigenvalue weighted by molar-refractivity contribution is -0.120. The van der Waals surface area contributed by atoms with Crippen molar-refractivity contribution >= 4 is 29.1 Å². The molecule has 0 aliphatic carbocycles. The van der Waals surface area contributed by atoms with Gasteiger partial charge in [-0.3, -0.25) is 4.79 Å². The van der Waals surface area contributed by atoms with Crippen molar-refractivity contribution in [3.8, 4) is 0 Å². The summed E-state index contributed by atoms with van der Waals surface area (Å²) in [6.45, 7) is 1.44. The lowest BCUT2D eigenvalue weighted by Crippen LogP contribution is -2.37. The molecule has 0 saturated carbocycles. The van der Waals surface area contributed by atoms with Crippen LogP contribution in [0.5, 0.6) is 0 Å². The van der Waals surface area contributed by atoms with Crippen molar-refractivity contribution in [1.82, 2.24) is 10.2 Å². The Hall–Kier alpha value is -0.810. The largest absolute Gasteiger partial charge is 0.368 e. The summed E-state index contributed by atoms with van der Waals surface area (Å²) in [5.74, 6) is -0.460. The number of carbonyl (C=O) groups is 1. The minimum Gasteiger partial charge on any atom is -0.368 e. The van der Waals surface area contributed by atoms with Crippen LogP contribution in [0.1, 0.15) is 11.6 Å². The molecule has 0 aliphatic heterocycles. The van der Waals surface area contributed by atoms with Gasteiger partial charge in [-0.1, -0.05) is 29.3 Å². The summed E-state index contributed by atoms with van der Waals surface area (Å²) in [4.78, 5) is 13.5. The third kappa shape index (κ3) is 4.46. The van der Waals surface area contributed by atoms with Crippen LogP contribution < -0.4 is 11.1 Å². The van der Waals surface area contributed by atoms with Crippen LogP contribution >= 0.6 is 23.2 Å². The van der Waals surface area contributed by atoms with Crippen LogP contribution in [-0.2, 0) is 4.79 Å². The fourth-order valence-electron chi connectivity index (χ4n) is 1.53. The van der Waals surface area contributed by atoms with Crippen LogP contribution in [0, 0.1) is 0 Å². The zero-order chi connectivity index (χ0) is 13.7. The van der Waals surface area contributed by atoms with Gasteiger partial charge in [0.2, 0.25) is 5.91 Å². The topological polar surface area (TPSA) is 58.4 Å². The highest BCUT2D eigenvalue weighted by Gasteiger charge is 2.19. The van der Waals surface area contributed by atoms with Gasteiger partial charge in [0.25, 0.3) is 0 Å². The van der Waals surface area contributed by atoms with Crippen LogP contribution in [0.2, 0.25) is 10.0 Å². The second-order valence-electron chi connectivity index (χ2n) is 4.26. The number of likely N-dealkylation sites (N-methyl/N-ethyl adjacent to an activating group) is 1. The molecule has 1 aromatic carbocycles. The van der Waals surface area contributed by atoms with Crippen LogP contribution in [-0.4, -0.2) is 38.0 Å². The predicted octanol–water partition coefficient (Wildman–Crippen LogP) is 1.67. The second kappa shape index (κ2) is 6.95. The molecule has 0 heterocycles. The highest BCUT2D eigenvalue weighted by molar-refractivity contribution is 6.35. The number of hydrogen-bond donors (Lipinski definition) is 2. The molecule has 0 fully saturated rings. The van der Waals surface area contributed by atoms with E-state index in [4.69, 9.17) is 28.9 Å². The van der Waals surface area contributed by atoms with E-state index in [1.807, 2.05) is 19.0 Å². The standard InChI is InChI=1S/C12H17Cl2N3O/c1-17(2)6-5-16-11(12(15)18)9-4-3-8(13)7-10(9)14/h3-4,7,11,16H,5-6H2,1-2H3,(H2,15,18). The van der Waals surface area contributed by atoms with Crippen LogP contribution in [0.3, 0.4) is 0 Å². The number of carbonyl (C=O) groups excluding carboxylic acids is 1. The van der Waals surface area contributed by atoms with E-state index in [0.29, 0.717) is 22.2 Å². The number of nitrogens with two attached hydrogens (primary N) is 1. The summed E-state index contributed by atoms with van der Waals surface area (Å²) in [7, 11) is 3.91. The van der Waals surface area contributed by atoms with Gasteiger partial charge in [0.1, 0.15) is 6.04 Å². The number of hydrogen-bond acceptors (Lipinski definition) is 3. The summed E-state index contributed by atoms with van der Waals surface area (Å²) in [5, 5.41) is 4.05. The van der Waals surface area contributed by atoms with E-state index >= 15 is 0 Å². The highest BCUT2D eigenvalue weighted by Crippen LogP contribution is 2.26. The van der Waals surface area contributed by atoms with E-state index < -0.39 is 11.9 Å². The highest BCUT2D eigenvalue weighted by atomic mass is 35.5. The van der Waals surface area contributed by atoms with Crippen LogP contribution in [0.4, 0.5) is 0 Å². The summed E-state index contributed by atoms with van der Waals surface area (Å²) in [5.41, 5.74) is 6.03. The Balaban J connectivity index is 2.81. The molecule has 0 spiro atoms. The zero-order valence-corrected chi connectivity index (χ0v) is 11.9. The van der Waals surface area contributed by atoms with Gasteiger partial charge in [0, 0.05) is 23.1 Å². The van der Waals surface area contributed by atoms with Gasteiger partial charge in [0.15, 0.2) is 0 Å². The van der Waals surface area contributed by atoms with Crippen molar-refractivity contribution in [1.29, 1.82) is 0 Å². The number of nitrogens with one attached hydrogen (secondary N) is 1. The smallest absolute Gasteiger partial charge is 0.239 e. The Bertz CT molecular complexity index is 424. The van der Waals surface area contributed by atoms with Gasteiger partial charge < -0.3 is 16.0 Å². The Labute approximate surface area is 117 Å². The lowest BCUT2D eigenvalue weighted by Gasteiger charge is -2.18. The summed E-state index contributed by atoms with van der Waals surface area (Å²) in [6, 6.07) is 4.40. The van der Waals surface area contributed by atoms with Crippen LogP contribution in [0.15, 0.2) is 18.2 Å². The first-order valence-corrected chi connectivity index (χ1v) is 6.29. The molecule has 1 rings (SSSR count). The Morgan fingerprint density at radius 3 is 2.61 bits per heavy atom. The molecule has 100 valence electrons. The molecule has 0 bridgehead atoms. The molecule has 1 aromatic rings. The fraction of sp³-hybridized carbons (Fsp3) is 0.417. The van der Waals surface area contributed by atoms with Crippen molar-refractivity contribution in [2.45, 2.75) is 6.04 Å². The second-order valence-corrected chi connectivity index (χ2v) is 5.10. The average molecular weight is 290 g/mol. The molecule has 0 aliphatic rings. The first-order valence-electron chi connectivity index (χ1n) is 5.54. The maximum Gasteiger partial charge on any atom is 0.239 e. The quantitative estimate of drug-likeness (QED) is 0.838. The lowest BCUT2D eigenvalue weighted by atomic mass is 10.1. The maximum atomic E-state index is 11.5. The van der Waals surface area contributed by atoms with Gasteiger partial charge in [-0.2, -0.15) is 0 Å². The molecular formula is C12H17Cl2N3O. The van der Waals surface area contributed by atoms with E-state index in [0.717, 1.165) is 6.54 Å². The zero-order valence-electron chi connectivity index (χ0n) is 10.4. The van der Waals surface area contributed by atoms with Gasteiger partial charge in [0.05, 0.1) is 0 Å². The number of nitrogens with zero attached hydrogens (tertiary/aromatic N) is 1. The minimum atomic E-state index is -0.602. The Morgan fingerprint density at radius 1 is 1.44 bits per heavy atom. The molecule has 6 heteroatoms. The van der Waals surface area contributed by atoms with E-state index in [2.05, 4.69) is 5.32 Å². The molecule has 0 aromatic heterocycles. The van der Waals surface area contributed by atoms with Gasteiger partial charge >= 0.3 is 0 Å². The molecule has 1 amide bonds. The molecule has 3 N–H and O–H groups in total. The molecule has 0 radical (unpaired) electrons. The molecule has 18 heavy (non-hydrogen) atoms. The summed E-state index contributed by atoms with van der Waals surface area (Å²) in [6.07, 6.45) is 0. The Kier molecular flexibility index (Phi) is 5.88. The fourth-order valence-corrected chi connectivity index (χ4v) is 2.05. The monoisotopic (exact) mass is 289 g/mol. The average Bonchev–Trinajstić information content (AvgIpc) is 2.25. The van der Waals surface area contributed by atoms with Crippen molar-refractivity contribution in [2.24, 2.45) is 5.73 Å². The number of benzene rings is 1. The predicted molar refractivity (Wildman–Crippen MR) is 75.0 cm³/mol. The SMILES string of the molecule is CN(C)CCNC(C(N)=O)c1ccc(Cl)cc1Cl. The number of amides is 1. The van der Waals surface area contributed by atoms with Crippen molar-refractivity contribution < 1.29 is 4.79 Å². The van der Waals surface area contributed by atoms with Crippen molar-refractivity contribution in [3.63, 3.8) is 0 Å². The first kappa shape index (κ1) is 15.2. The first-order chi connectivity index (χ1) is 8.41. The van der Waals surface area contributed by atoms with Crippen molar-refractivity contribution in [2.75, 3.05) is 27.2 Å². The third-order valence-electron chi connectivity index (χ3n) is 2.47. The van der Waals surface area contributed by atoms with E-state index in [1.54, 1.807) is 18.2 Å². The van der Waals surface area contributed by atoms with Crippen LogP contribution in [0.25, 0.3) is 0 Å².